The number of nitriles is 1. The van der Waals surface area contributed by atoms with Gasteiger partial charge in [0.25, 0.3) is 0 Å². The number of nitrogens with two attached hydrogens (primary N) is 1. The average molecular weight is 428 g/mol. The van der Waals surface area contributed by atoms with Crippen molar-refractivity contribution in [3.05, 3.63) is 71.4 Å². The number of benzene rings is 2. The summed E-state index contributed by atoms with van der Waals surface area (Å²) in [6.45, 7) is 4.39. The Morgan fingerprint density at radius 3 is 2.66 bits per heavy atom. The fourth-order valence-electron chi connectivity index (χ4n) is 3.64. The summed E-state index contributed by atoms with van der Waals surface area (Å²) in [5.74, 6) is -0.0897. The molecule has 0 unspecified atom stereocenters. The van der Waals surface area contributed by atoms with Gasteiger partial charge < -0.3 is 15.8 Å². The van der Waals surface area contributed by atoms with E-state index in [-0.39, 0.29) is 6.42 Å². The van der Waals surface area contributed by atoms with Crippen LogP contribution in [0.2, 0.25) is 0 Å². The van der Waals surface area contributed by atoms with Gasteiger partial charge in [0.1, 0.15) is 0 Å². The van der Waals surface area contributed by atoms with Crippen LogP contribution in [0.4, 0.5) is 11.6 Å². The van der Waals surface area contributed by atoms with Gasteiger partial charge in [0, 0.05) is 42.6 Å². The van der Waals surface area contributed by atoms with Crippen LogP contribution in [-0.4, -0.2) is 47.1 Å². The number of nitrogens with zero attached hydrogens (tertiary/aromatic N) is 4. The van der Waals surface area contributed by atoms with E-state index in [1.807, 2.05) is 12.1 Å². The van der Waals surface area contributed by atoms with Crippen LogP contribution in [0.5, 0.6) is 0 Å². The van der Waals surface area contributed by atoms with Crippen molar-refractivity contribution in [2.24, 2.45) is 5.73 Å². The van der Waals surface area contributed by atoms with Gasteiger partial charge in [-0.3, -0.25) is 9.69 Å². The van der Waals surface area contributed by atoms with Crippen LogP contribution >= 0.6 is 0 Å². The number of carbonyl (C=O) groups is 1. The fraction of sp³-hybridized carbons (Fsp3) is 0.250. The second-order valence-electron chi connectivity index (χ2n) is 7.55. The highest BCUT2D eigenvalue weighted by Gasteiger charge is 2.12. The topological polar surface area (TPSA) is 117 Å². The molecule has 1 aromatic heterocycles. The Hall–Kier alpha value is -3.80. The zero-order chi connectivity index (χ0) is 22.3. The van der Waals surface area contributed by atoms with Crippen LogP contribution in [0.1, 0.15) is 21.5 Å². The molecule has 0 saturated carbocycles. The smallest absolute Gasteiger partial charge is 0.249 e. The van der Waals surface area contributed by atoms with Crippen molar-refractivity contribution in [2.75, 3.05) is 31.6 Å². The van der Waals surface area contributed by atoms with Crippen LogP contribution in [0.15, 0.2) is 54.7 Å². The Labute approximate surface area is 186 Å². The Morgan fingerprint density at radius 1 is 1.16 bits per heavy atom. The Balaban J connectivity index is 1.48. The summed E-state index contributed by atoms with van der Waals surface area (Å²) in [7, 11) is 0. The van der Waals surface area contributed by atoms with Crippen molar-refractivity contribution >= 4 is 17.5 Å². The van der Waals surface area contributed by atoms with Gasteiger partial charge in [-0.2, -0.15) is 5.26 Å². The molecule has 1 aliphatic heterocycles. The molecule has 2 aromatic carbocycles. The molecule has 4 rings (SSSR count). The van der Waals surface area contributed by atoms with Crippen LogP contribution < -0.4 is 11.1 Å². The quantitative estimate of drug-likeness (QED) is 0.594. The zero-order valence-corrected chi connectivity index (χ0v) is 17.6. The molecule has 2 heterocycles. The highest BCUT2D eigenvalue weighted by atomic mass is 16.5. The molecule has 0 spiro atoms. The van der Waals surface area contributed by atoms with Crippen molar-refractivity contribution in [1.29, 1.82) is 5.26 Å². The van der Waals surface area contributed by atoms with Gasteiger partial charge in [-0.25, -0.2) is 9.97 Å². The molecular formula is C24H24N6O2. The summed E-state index contributed by atoms with van der Waals surface area (Å²) >= 11 is 0. The summed E-state index contributed by atoms with van der Waals surface area (Å²) in [5, 5.41) is 12.3. The highest BCUT2D eigenvalue weighted by molar-refractivity contribution is 5.95. The van der Waals surface area contributed by atoms with E-state index in [0.29, 0.717) is 22.8 Å². The molecule has 3 N–H and O–H groups in total. The minimum absolute atomic E-state index is 0.0963. The van der Waals surface area contributed by atoms with E-state index in [9.17, 15) is 4.79 Å². The van der Waals surface area contributed by atoms with Gasteiger partial charge in [-0.05, 0) is 41.5 Å². The maximum Gasteiger partial charge on any atom is 0.249 e. The summed E-state index contributed by atoms with van der Waals surface area (Å²) < 4.78 is 5.40. The second-order valence-corrected chi connectivity index (χ2v) is 7.55. The molecule has 1 amide bonds. The normalized spacial score (nSPS) is 14.0. The molecule has 8 nitrogen and oxygen atoms in total. The number of hydrogen-bond acceptors (Lipinski definition) is 7. The van der Waals surface area contributed by atoms with Crippen molar-refractivity contribution in [3.8, 4) is 17.3 Å². The number of hydrogen-bond donors (Lipinski definition) is 2. The molecule has 1 saturated heterocycles. The third-order valence-corrected chi connectivity index (χ3v) is 5.31. The summed E-state index contributed by atoms with van der Waals surface area (Å²) in [5.41, 5.74) is 9.95. The van der Waals surface area contributed by atoms with E-state index in [2.05, 4.69) is 38.4 Å². The van der Waals surface area contributed by atoms with Crippen molar-refractivity contribution in [1.82, 2.24) is 14.9 Å². The van der Waals surface area contributed by atoms with E-state index in [0.717, 1.165) is 44.1 Å². The van der Waals surface area contributed by atoms with Gasteiger partial charge in [0.15, 0.2) is 0 Å². The summed E-state index contributed by atoms with van der Waals surface area (Å²) in [6.07, 6.45) is 1.77. The van der Waals surface area contributed by atoms with Gasteiger partial charge >= 0.3 is 0 Å². The molecule has 0 bridgehead atoms. The molecule has 0 radical (unpaired) electrons. The van der Waals surface area contributed by atoms with E-state index in [1.165, 1.54) is 5.56 Å². The van der Waals surface area contributed by atoms with E-state index in [1.54, 1.807) is 30.5 Å². The fourth-order valence-corrected chi connectivity index (χ4v) is 3.64. The number of amides is 1. The molecule has 0 aliphatic carbocycles. The largest absolute Gasteiger partial charge is 0.379 e. The van der Waals surface area contributed by atoms with Crippen molar-refractivity contribution in [3.63, 3.8) is 0 Å². The first kappa shape index (κ1) is 21.4. The monoisotopic (exact) mass is 428 g/mol. The Morgan fingerprint density at radius 2 is 1.94 bits per heavy atom. The number of morpholine rings is 1. The number of anilines is 2. The third kappa shape index (κ3) is 5.27. The van der Waals surface area contributed by atoms with Crippen LogP contribution in [-0.2, 0) is 17.7 Å². The maximum atomic E-state index is 11.6. The predicted octanol–water partition coefficient (Wildman–Crippen LogP) is 2.88. The first-order valence-electron chi connectivity index (χ1n) is 10.4. The SMILES string of the molecule is N#CCc1cc(-c2ccnc(Nc3ccc(CN4CCOCC4)cc3)n2)ccc1C(N)=O. The molecule has 1 fully saturated rings. The lowest BCUT2D eigenvalue weighted by molar-refractivity contribution is 0.0342. The Kier molecular flexibility index (Phi) is 6.70. The minimum Gasteiger partial charge on any atom is -0.379 e. The first-order chi connectivity index (χ1) is 15.6. The highest BCUT2D eigenvalue weighted by Crippen LogP contribution is 2.23. The van der Waals surface area contributed by atoms with Crippen LogP contribution in [0.25, 0.3) is 11.3 Å². The van der Waals surface area contributed by atoms with Gasteiger partial charge in [0.2, 0.25) is 11.9 Å². The zero-order valence-electron chi connectivity index (χ0n) is 17.6. The molecule has 8 heteroatoms. The average Bonchev–Trinajstić information content (AvgIpc) is 2.81. The predicted molar refractivity (Wildman–Crippen MR) is 121 cm³/mol. The van der Waals surface area contributed by atoms with Crippen molar-refractivity contribution in [2.45, 2.75) is 13.0 Å². The second kappa shape index (κ2) is 10.0. The number of ether oxygens (including phenoxy) is 1. The van der Waals surface area contributed by atoms with Gasteiger partial charge in [-0.1, -0.05) is 18.2 Å². The molecule has 3 aromatic rings. The minimum atomic E-state index is -0.552. The number of rotatable bonds is 7. The van der Waals surface area contributed by atoms with Gasteiger partial charge in [0.05, 0.1) is 31.4 Å². The lowest BCUT2D eigenvalue weighted by atomic mass is 9.99. The van der Waals surface area contributed by atoms with E-state index >= 15 is 0 Å². The van der Waals surface area contributed by atoms with E-state index < -0.39 is 5.91 Å². The third-order valence-electron chi connectivity index (χ3n) is 5.31. The lowest BCUT2D eigenvalue weighted by Crippen LogP contribution is -2.35. The molecule has 32 heavy (non-hydrogen) atoms. The summed E-state index contributed by atoms with van der Waals surface area (Å²) in [4.78, 5) is 22.9. The number of carbonyl (C=O) groups excluding carboxylic acids is 1. The number of aromatic nitrogens is 2. The molecule has 0 atom stereocenters. The summed E-state index contributed by atoms with van der Waals surface area (Å²) in [6, 6.07) is 17.2. The van der Waals surface area contributed by atoms with Gasteiger partial charge in [-0.15, -0.1) is 0 Å². The standard InChI is InChI=1S/C24H24N6O2/c25-9-7-18-15-19(3-6-21(18)23(26)31)22-8-10-27-24(29-22)28-20-4-1-17(2-5-20)16-30-11-13-32-14-12-30/h1-6,8,10,15H,7,11-14,16H2,(H2,26,31)(H,27,28,29). The lowest BCUT2D eigenvalue weighted by Gasteiger charge is -2.26. The van der Waals surface area contributed by atoms with Crippen molar-refractivity contribution < 1.29 is 9.53 Å². The Bertz CT molecular complexity index is 1130. The van der Waals surface area contributed by atoms with Crippen LogP contribution in [0, 0.1) is 11.3 Å². The molecular weight excluding hydrogens is 404 g/mol. The van der Waals surface area contributed by atoms with E-state index in [4.69, 9.17) is 15.7 Å². The first-order valence-corrected chi connectivity index (χ1v) is 10.4. The maximum absolute atomic E-state index is 11.6. The molecule has 162 valence electrons. The van der Waals surface area contributed by atoms with Crippen LogP contribution in [0.3, 0.4) is 0 Å². The number of nitrogens with one attached hydrogen (secondary N) is 1. The molecule has 1 aliphatic rings. The number of primary amides is 1.